The normalized spacial score (nSPS) is 28.8. The highest BCUT2D eigenvalue weighted by Gasteiger charge is 2.23. The van der Waals surface area contributed by atoms with E-state index >= 15 is 0 Å². The maximum Gasteiger partial charge on any atom is 0.127 e. The van der Waals surface area contributed by atoms with E-state index in [0.29, 0.717) is 17.1 Å². The first kappa shape index (κ1) is 19.1. The molecule has 0 nitrogen and oxygen atoms in total. The standard InChI is InChI=1S/C24H30BFS/c25-21-10-5-19(6-11-21)23-14-9-20(15-24(23)26)18-3-1-16(2-4-18)17-7-12-22(27)13-8-17/h1-4,9,14-15,17,19,21-22,27H,5-8,10-13,25H2. The molecular formula is C24H30BFS. The van der Waals surface area contributed by atoms with Crippen LogP contribution in [-0.2, 0) is 0 Å². The minimum absolute atomic E-state index is 0.0248. The highest BCUT2D eigenvalue weighted by molar-refractivity contribution is 7.80. The summed E-state index contributed by atoms with van der Waals surface area (Å²) < 4.78 is 14.8. The predicted octanol–water partition coefficient (Wildman–Crippen LogP) is 6.53. The molecule has 142 valence electrons. The Kier molecular flexibility index (Phi) is 5.97. The van der Waals surface area contributed by atoms with Crippen LogP contribution in [0.4, 0.5) is 4.39 Å². The molecule has 0 spiro atoms. The lowest BCUT2D eigenvalue weighted by Gasteiger charge is -2.27. The fourth-order valence-corrected chi connectivity index (χ4v) is 5.26. The SMILES string of the molecule is BC1CCC(c2ccc(-c3ccc(C4CCC(S)CC4)cc3)cc2F)CC1. The van der Waals surface area contributed by atoms with E-state index in [4.69, 9.17) is 0 Å². The van der Waals surface area contributed by atoms with Crippen LogP contribution in [0.2, 0.25) is 5.82 Å². The van der Waals surface area contributed by atoms with Gasteiger partial charge in [0.15, 0.2) is 0 Å². The number of halogens is 1. The minimum atomic E-state index is -0.0248. The third-order valence-electron chi connectivity index (χ3n) is 6.87. The summed E-state index contributed by atoms with van der Waals surface area (Å²) in [6.45, 7) is 0. The van der Waals surface area contributed by atoms with Crippen molar-refractivity contribution in [2.24, 2.45) is 0 Å². The molecule has 27 heavy (non-hydrogen) atoms. The Hall–Kier alpha value is -1.22. The first-order valence-electron chi connectivity index (χ1n) is 10.7. The van der Waals surface area contributed by atoms with Gasteiger partial charge < -0.3 is 0 Å². The lowest BCUT2D eigenvalue weighted by molar-refractivity contribution is 0.430. The molecule has 0 heterocycles. The summed E-state index contributed by atoms with van der Waals surface area (Å²) in [7, 11) is 2.31. The molecule has 0 radical (unpaired) electrons. The van der Waals surface area contributed by atoms with Gasteiger partial charge >= 0.3 is 0 Å². The maximum atomic E-state index is 14.8. The van der Waals surface area contributed by atoms with E-state index < -0.39 is 0 Å². The second kappa shape index (κ2) is 8.43. The van der Waals surface area contributed by atoms with Crippen LogP contribution in [0.1, 0.15) is 74.3 Å². The molecule has 3 heteroatoms. The Labute approximate surface area is 169 Å². The maximum absolute atomic E-state index is 14.8. The number of hydrogen-bond acceptors (Lipinski definition) is 1. The molecule has 0 aromatic heterocycles. The lowest BCUT2D eigenvalue weighted by atomic mass is 9.70. The quantitative estimate of drug-likeness (QED) is 0.454. The topological polar surface area (TPSA) is 0 Å². The Bertz CT molecular complexity index is 756. The average Bonchev–Trinajstić information content (AvgIpc) is 2.69. The fraction of sp³-hybridized carbons (Fsp3) is 0.500. The summed E-state index contributed by atoms with van der Waals surface area (Å²) >= 11 is 4.60. The molecule has 0 aliphatic heterocycles. The van der Waals surface area contributed by atoms with Gasteiger partial charge in [-0.2, -0.15) is 12.6 Å². The zero-order valence-corrected chi connectivity index (χ0v) is 17.2. The number of hydrogen-bond donors (Lipinski definition) is 1. The molecule has 2 aliphatic rings. The fourth-order valence-electron chi connectivity index (χ4n) is 4.97. The van der Waals surface area contributed by atoms with E-state index in [9.17, 15) is 4.39 Å². The lowest BCUT2D eigenvalue weighted by Crippen LogP contribution is -2.12. The molecule has 0 N–H and O–H groups in total. The van der Waals surface area contributed by atoms with E-state index in [-0.39, 0.29) is 5.82 Å². The summed E-state index contributed by atoms with van der Waals surface area (Å²) in [4.78, 5) is 0. The zero-order chi connectivity index (χ0) is 18.8. The van der Waals surface area contributed by atoms with Crippen molar-refractivity contribution >= 4 is 20.5 Å². The first-order valence-corrected chi connectivity index (χ1v) is 11.2. The molecule has 0 saturated heterocycles. The summed E-state index contributed by atoms with van der Waals surface area (Å²) in [5, 5.41) is 0.578. The molecule has 2 fully saturated rings. The van der Waals surface area contributed by atoms with Crippen molar-refractivity contribution in [3.63, 3.8) is 0 Å². The molecule has 0 unspecified atom stereocenters. The zero-order valence-electron chi connectivity index (χ0n) is 16.3. The Morgan fingerprint density at radius 1 is 0.741 bits per heavy atom. The third kappa shape index (κ3) is 4.45. The van der Waals surface area contributed by atoms with Gasteiger partial charge in [0.2, 0.25) is 0 Å². The van der Waals surface area contributed by atoms with Crippen LogP contribution >= 0.6 is 12.6 Å². The van der Waals surface area contributed by atoms with Gasteiger partial charge in [0.25, 0.3) is 0 Å². The van der Waals surface area contributed by atoms with Crippen LogP contribution in [0.5, 0.6) is 0 Å². The van der Waals surface area contributed by atoms with Crippen molar-refractivity contribution in [2.45, 2.75) is 74.3 Å². The van der Waals surface area contributed by atoms with E-state index in [1.165, 1.54) is 44.1 Å². The molecular weight excluding hydrogens is 350 g/mol. The summed E-state index contributed by atoms with van der Waals surface area (Å²) in [6.07, 6.45) is 9.59. The van der Waals surface area contributed by atoms with Gasteiger partial charge in [-0.25, -0.2) is 4.39 Å². The molecule has 0 amide bonds. The third-order valence-corrected chi connectivity index (χ3v) is 7.38. The van der Waals surface area contributed by atoms with Crippen molar-refractivity contribution in [1.29, 1.82) is 0 Å². The van der Waals surface area contributed by atoms with Gasteiger partial charge in [0.05, 0.1) is 0 Å². The Balaban J connectivity index is 1.47. The summed E-state index contributed by atoms with van der Waals surface area (Å²) in [5.74, 6) is 1.84. The van der Waals surface area contributed by atoms with Crippen molar-refractivity contribution < 1.29 is 4.39 Å². The van der Waals surface area contributed by atoms with Gasteiger partial charge in [0, 0.05) is 5.25 Å². The average molecular weight is 380 g/mol. The van der Waals surface area contributed by atoms with Crippen molar-refractivity contribution in [2.75, 3.05) is 0 Å². The van der Waals surface area contributed by atoms with Crippen LogP contribution in [0.3, 0.4) is 0 Å². The number of benzene rings is 2. The molecule has 0 atom stereocenters. The van der Waals surface area contributed by atoms with Crippen LogP contribution in [0.25, 0.3) is 11.1 Å². The number of rotatable bonds is 3. The number of thiol groups is 1. The monoisotopic (exact) mass is 380 g/mol. The molecule has 2 aromatic rings. The molecule has 2 aliphatic carbocycles. The van der Waals surface area contributed by atoms with Crippen LogP contribution in [0, 0.1) is 5.82 Å². The van der Waals surface area contributed by atoms with Gasteiger partial charge in [-0.1, -0.05) is 55.1 Å². The molecule has 0 bridgehead atoms. The minimum Gasteiger partial charge on any atom is -0.207 e. The summed E-state index contributed by atoms with van der Waals surface area (Å²) in [6, 6.07) is 14.7. The summed E-state index contributed by atoms with van der Waals surface area (Å²) in [5.41, 5.74) is 4.45. The smallest absolute Gasteiger partial charge is 0.127 e. The highest BCUT2D eigenvalue weighted by Crippen LogP contribution is 2.39. The molecule has 4 rings (SSSR count). The van der Waals surface area contributed by atoms with Gasteiger partial charge in [-0.15, -0.1) is 0 Å². The largest absolute Gasteiger partial charge is 0.207 e. The highest BCUT2D eigenvalue weighted by atomic mass is 32.1. The van der Waals surface area contributed by atoms with Crippen molar-refractivity contribution in [3.05, 3.63) is 59.4 Å². The molecule has 2 aromatic carbocycles. The van der Waals surface area contributed by atoms with E-state index in [1.807, 2.05) is 6.07 Å². The Morgan fingerprint density at radius 3 is 1.96 bits per heavy atom. The van der Waals surface area contributed by atoms with Crippen molar-refractivity contribution in [1.82, 2.24) is 0 Å². The van der Waals surface area contributed by atoms with Crippen LogP contribution in [0.15, 0.2) is 42.5 Å². The van der Waals surface area contributed by atoms with Gasteiger partial charge in [-0.3, -0.25) is 0 Å². The second-order valence-corrected chi connectivity index (χ2v) is 9.55. The molecule has 2 saturated carbocycles. The van der Waals surface area contributed by atoms with Crippen LogP contribution < -0.4 is 0 Å². The van der Waals surface area contributed by atoms with Crippen molar-refractivity contribution in [3.8, 4) is 11.1 Å². The van der Waals surface area contributed by atoms with Gasteiger partial charge in [-0.05, 0) is 78.7 Å². The Morgan fingerprint density at radius 2 is 1.33 bits per heavy atom. The van der Waals surface area contributed by atoms with E-state index in [1.54, 1.807) is 6.07 Å². The van der Waals surface area contributed by atoms with E-state index in [0.717, 1.165) is 35.3 Å². The van der Waals surface area contributed by atoms with E-state index in [2.05, 4.69) is 50.8 Å². The van der Waals surface area contributed by atoms with Crippen LogP contribution in [-0.4, -0.2) is 13.1 Å². The predicted molar refractivity (Wildman–Crippen MR) is 119 cm³/mol. The second-order valence-electron chi connectivity index (χ2n) is 8.82. The first-order chi connectivity index (χ1) is 13.1. The van der Waals surface area contributed by atoms with Gasteiger partial charge in [0.1, 0.15) is 13.7 Å².